The van der Waals surface area contributed by atoms with Crippen molar-refractivity contribution < 1.29 is 86.3 Å². The first-order chi connectivity index (χ1) is 38.1. The molecule has 2 unspecified atom stereocenters. The molecule has 0 radical (unpaired) electrons. The molecule has 0 aliphatic carbocycles. The Labute approximate surface area is 476 Å². The van der Waals surface area contributed by atoms with Gasteiger partial charge in [-0.15, -0.1) is 0 Å². The average molecular weight is 1170 g/mol. The highest BCUT2D eigenvalue weighted by Crippen LogP contribution is 2.43. The van der Waals surface area contributed by atoms with Crippen molar-refractivity contribution in [2.24, 2.45) is 17.2 Å². The van der Waals surface area contributed by atoms with Crippen LogP contribution in [0.25, 0.3) is 0 Å². The largest absolute Gasteiger partial charge is 0.472 e. The molecule has 10 atom stereocenters. The van der Waals surface area contributed by atoms with Gasteiger partial charge in [-0.25, -0.2) is 4.57 Å². The van der Waals surface area contributed by atoms with Gasteiger partial charge in [0, 0.05) is 26.2 Å². The number of ether oxygens (including phenoxy) is 4. The van der Waals surface area contributed by atoms with Gasteiger partial charge in [-0.1, -0.05) is 168 Å². The highest BCUT2D eigenvalue weighted by molar-refractivity contribution is 7.47. The number of carbonyl (C=O) groups excluding carboxylic acids is 7. The molecule has 80 heavy (non-hydrogen) atoms. The molecule has 0 aromatic heterocycles. The molecule has 1 aliphatic heterocycles. The van der Waals surface area contributed by atoms with Crippen LogP contribution in [0.1, 0.15) is 227 Å². The molecule has 10 N–H and O–H groups in total. The molecule has 0 spiro atoms. The van der Waals surface area contributed by atoms with E-state index in [0.717, 1.165) is 58.3 Å². The van der Waals surface area contributed by atoms with Crippen molar-refractivity contribution in [1.29, 1.82) is 0 Å². The molecule has 1 heterocycles. The Kier molecular flexibility index (Phi) is 41.1. The number of nitrogens with two attached hydrogens (primary N) is 3. The zero-order valence-electron chi connectivity index (χ0n) is 49.0. The summed E-state index contributed by atoms with van der Waals surface area (Å²) in [7, 11) is -5.23. The first-order valence-electron chi connectivity index (χ1n) is 29.8. The second kappa shape index (κ2) is 44.1. The molecule has 0 aromatic rings. The average Bonchev–Trinajstić information content (AvgIpc) is 3.42. The lowest BCUT2D eigenvalue weighted by atomic mass is 9.97. The van der Waals surface area contributed by atoms with Gasteiger partial charge in [-0.2, -0.15) is 0 Å². The van der Waals surface area contributed by atoms with Gasteiger partial charge in [0.25, 0.3) is 5.91 Å². The second-order valence-electron chi connectivity index (χ2n) is 21.4. The monoisotopic (exact) mass is 1170 g/mol. The third-order valence-corrected chi connectivity index (χ3v) is 15.0. The zero-order chi connectivity index (χ0) is 59.9. The number of esters is 2. The fourth-order valence-corrected chi connectivity index (χ4v) is 10.1. The molecule has 1 aliphatic rings. The van der Waals surface area contributed by atoms with Crippen molar-refractivity contribution in [1.82, 2.24) is 9.80 Å². The topological polar surface area (TPSA) is 357 Å². The molecule has 1 saturated heterocycles. The summed E-state index contributed by atoms with van der Waals surface area (Å²) in [6.45, 7) is 4.00. The van der Waals surface area contributed by atoms with E-state index in [0.29, 0.717) is 22.6 Å². The van der Waals surface area contributed by atoms with Crippen LogP contribution < -0.4 is 17.2 Å². The minimum absolute atomic E-state index is 0.0341. The Morgan fingerprint density at radius 1 is 0.662 bits per heavy atom. The van der Waals surface area contributed by atoms with E-state index < -0.39 is 150 Å². The van der Waals surface area contributed by atoms with E-state index in [1.165, 1.54) is 117 Å². The van der Waals surface area contributed by atoms with Gasteiger partial charge in [0.1, 0.15) is 37.6 Å². The zero-order valence-corrected chi connectivity index (χ0v) is 49.9. The van der Waals surface area contributed by atoms with Crippen LogP contribution in [0.4, 0.5) is 0 Å². The van der Waals surface area contributed by atoms with Crippen LogP contribution in [0.2, 0.25) is 0 Å². The van der Waals surface area contributed by atoms with Crippen molar-refractivity contribution in [2.75, 3.05) is 33.0 Å². The minimum Gasteiger partial charge on any atom is -0.462 e. The fourth-order valence-electron chi connectivity index (χ4n) is 9.35. The molecule has 1 fully saturated rings. The van der Waals surface area contributed by atoms with Crippen molar-refractivity contribution >= 4 is 49.3 Å². The number of hydrogen-bond donors (Lipinski definition) is 7. The first kappa shape index (κ1) is 74.5. The van der Waals surface area contributed by atoms with Crippen LogP contribution in [0.15, 0.2) is 0 Å². The summed E-state index contributed by atoms with van der Waals surface area (Å²) in [6.07, 6.45) is 19.3. The molecule has 466 valence electrons. The smallest absolute Gasteiger partial charge is 0.462 e. The Morgan fingerprint density at radius 2 is 1.12 bits per heavy atom. The van der Waals surface area contributed by atoms with E-state index in [1.54, 1.807) is 0 Å². The number of phosphoric ester groups is 1. The van der Waals surface area contributed by atoms with Gasteiger partial charge < -0.3 is 56.4 Å². The van der Waals surface area contributed by atoms with E-state index in [9.17, 15) is 58.3 Å². The summed E-state index contributed by atoms with van der Waals surface area (Å²) in [6, 6.07) is -4.31. The summed E-state index contributed by atoms with van der Waals surface area (Å²) in [5.41, 5.74) is 17.3. The first-order valence-corrected chi connectivity index (χ1v) is 31.3. The normalized spacial score (nSPS) is 19.5. The maximum Gasteiger partial charge on any atom is 0.472 e. The number of rotatable bonds is 48. The molecule has 24 heteroatoms. The summed E-state index contributed by atoms with van der Waals surface area (Å²) < 4.78 is 45.5. The van der Waals surface area contributed by atoms with E-state index in [1.807, 2.05) is 0 Å². The van der Waals surface area contributed by atoms with Gasteiger partial charge in [-0.3, -0.25) is 52.4 Å². The maximum atomic E-state index is 13.9. The number of unbranched alkanes of at least 4 members (excludes halogenated alkanes) is 24. The SMILES string of the molecule is CCCCCCCCCCCCCCCC(=O)OC[C@H](COP(=O)(O)OCC(=O)N(CC(C)O[C@@H]1[C@@H](N)[C@@H](O)O[C@H](CO)[C@H]1O)C(=O)CC[C@H](C(N)=O)N(C(C)=O)C(=O)[C@H](C)N)OC(=O)CCCCCCCCCCCCCCC. The Balaban J connectivity index is 3.08. The lowest BCUT2D eigenvalue weighted by Gasteiger charge is -2.42. The van der Waals surface area contributed by atoms with Gasteiger partial charge >= 0.3 is 19.8 Å². The maximum absolute atomic E-state index is 13.9. The van der Waals surface area contributed by atoms with Crippen molar-refractivity contribution in [2.45, 2.75) is 282 Å². The highest BCUT2D eigenvalue weighted by Gasteiger charge is 2.45. The van der Waals surface area contributed by atoms with E-state index in [4.69, 9.17) is 45.2 Å². The van der Waals surface area contributed by atoms with Crippen LogP contribution in [0, 0.1) is 0 Å². The van der Waals surface area contributed by atoms with Crippen LogP contribution in [0.3, 0.4) is 0 Å². The Hall–Kier alpha value is -3.48. The number of imide groups is 2. The van der Waals surface area contributed by atoms with Gasteiger partial charge in [0.2, 0.25) is 23.6 Å². The molecule has 0 bridgehead atoms. The molecule has 1 rings (SSSR count). The third kappa shape index (κ3) is 33.0. The number of primary amides is 1. The second-order valence-corrected chi connectivity index (χ2v) is 22.9. The molecule has 5 amide bonds. The van der Waals surface area contributed by atoms with E-state index >= 15 is 0 Å². The number of aliphatic hydroxyl groups excluding tert-OH is 3. The lowest BCUT2D eigenvalue weighted by molar-refractivity contribution is -0.263. The lowest BCUT2D eigenvalue weighted by Crippen LogP contribution is -2.63. The highest BCUT2D eigenvalue weighted by atomic mass is 31.2. The molecule has 0 aromatic carbocycles. The number of amides is 5. The van der Waals surface area contributed by atoms with E-state index in [2.05, 4.69) is 13.8 Å². The molecular weight excluding hydrogens is 1060 g/mol. The van der Waals surface area contributed by atoms with Crippen LogP contribution in [-0.4, -0.2) is 159 Å². The number of nitrogens with zero attached hydrogens (tertiary/aromatic N) is 2. The summed E-state index contributed by atoms with van der Waals surface area (Å²) in [5.74, 6) is -6.60. The summed E-state index contributed by atoms with van der Waals surface area (Å²) >= 11 is 0. The Morgan fingerprint density at radius 3 is 1.56 bits per heavy atom. The van der Waals surface area contributed by atoms with Crippen LogP contribution in [0.5, 0.6) is 0 Å². The predicted molar refractivity (Wildman–Crippen MR) is 300 cm³/mol. The minimum atomic E-state index is -5.23. The Bertz CT molecular complexity index is 1820. The summed E-state index contributed by atoms with van der Waals surface area (Å²) in [4.78, 5) is 103. The number of phosphoric acid groups is 1. The molecule has 23 nitrogen and oxygen atoms in total. The molecular formula is C56H104N5O18P. The standard InChI is InChI=1S/C56H104N5O18P/c1-6-8-10-12-14-16-18-20-22-24-26-28-30-32-49(66)74-38-44(78-50(67)33-31-29-27-25-23-21-19-17-15-13-11-9-7-2)39-75-80(72,73)76-40-48(65)60(36-41(3)77-53-51(58)56(71)79-46(37-62)52(53)68)47(64)35-34-45(54(59)69)61(43(5)63)55(70)42(4)57/h41-42,44-46,51-53,56,62,68,71H,6-40,57-58H2,1-5H3,(H2,59,69)(H,72,73)/t41?,42-,44+,45+,46+,51+,52+,53+,56-/m0/s1. The predicted octanol–water partition coefficient (Wildman–Crippen LogP) is 6.42. The summed E-state index contributed by atoms with van der Waals surface area (Å²) in [5, 5.41) is 30.8. The van der Waals surface area contributed by atoms with Gasteiger partial charge in [0.05, 0.1) is 37.9 Å². The number of aliphatic hydroxyl groups is 3. The van der Waals surface area contributed by atoms with Crippen LogP contribution in [-0.2, 0) is 66.1 Å². The van der Waals surface area contributed by atoms with Crippen molar-refractivity contribution in [3.8, 4) is 0 Å². The molecule has 0 saturated carbocycles. The number of hydrogen-bond acceptors (Lipinski definition) is 19. The van der Waals surface area contributed by atoms with Gasteiger partial charge in [0.15, 0.2) is 12.4 Å². The van der Waals surface area contributed by atoms with Crippen molar-refractivity contribution in [3.05, 3.63) is 0 Å². The van der Waals surface area contributed by atoms with E-state index in [-0.39, 0.29) is 12.8 Å². The number of carbonyl (C=O) groups is 7. The van der Waals surface area contributed by atoms with Gasteiger partial charge in [-0.05, 0) is 33.1 Å². The van der Waals surface area contributed by atoms with Crippen LogP contribution >= 0.6 is 7.82 Å². The van der Waals surface area contributed by atoms with Crippen molar-refractivity contribution in [3.63, 3.8) is 0 Å². The quantitative estimate of drug-likeness (QED) is 0.0196. The fraction of sp³-hybridized carbons (Fsp3) is 0.875. The third-order valence-electron chi connectivity index (χ3n) is 14.1.